The molecule has 1 aliphatic carbocycles. The van der Waals surface area contributed by atoms with Crippen LogP contribution in [0.4, 0.5) is 0 Å². The van der Waals surface area contributed by atoms with Crippen LogP contribution in [0.15, 0.2) is 0 Å². The van der Waals surface area contributed by atoms with Crippen LogP contribution in [0.1, 0.15) is 64.7 Å². The maximum atomic E-state index is 11.7. The van der Waals surface area contributed by atoms with Gasteiger partial charge in [-0.1, -0.05) is 45.4 Å². The molecule has 3 heteroatoms. The second-order valence-electron chi connectivity index (χ2n) is 5.14. The predicted octanol–water partition coefficient (Wildman–Crippen LogP) is 3.02. The molecule has 0 aromatic carbocycles. The maximum Gasteiger partial charge on any atom is 0.310 e. The number of carbonyl (C=O) groups is 1. The summed E-state index contributed by atoms with van der Waals surface area (Å²) in [5.41, 5.74) is 5.86. The van der Waals surface area contributed by atoms with Crippen LogP contribution in [0.5, 0.6) is 0 Å². The molecule has 0 aliphatic heterocycles. The van der Waals surface area contributed by atoms with E-state index >= 15 is 0 Å². The summed E-state index contributed by atoms with van der Waals surface area (Å²) in [4.78, 5) is 11.7. The lowest BCUT2D eigenvalue weighted by Gasteiger charge is -2.14. The molecule has 0 heterocycles. The van der Waals surface area contributed by atoms with Crippen molar-refractivity contribution in [2.24, 2.45) is 11.7 Å². The molecule has 0 bridgehead atoms. The van der Waals surface area contributed by atoms with Gasteiger partial charge in [0.15, 0.2) is 0 Å². The Balaban J connectivity index is 1.97. The molecule has 1 fully saturated rings. The SMILES string of the molecule is CCCCCCCCOC(=O)C1CCCC1N. The van der Waals surface area contributed by atoms with Gasteiger partial charge < -0.3 is 10.5 Å². The van der Waals surface area contributed by atoms with E-state index in [2.05, 4.69) is 6.92 Å². The van der Waals surface area contributed by atoms with Crippen molar-refractivity contribution in [3.8, 4) is 0 Å². The summed E-state index contributed by atoms with van der Waals surface area (Å²) in [5.74, 6) is -0.0985. The van der Waals surface area contributed by atoms with Crippen molar-refractivity contribution in [1.82, 2.24) is 0 Å². The first-order valence-corrected chi connectivity index (χ1v) is 7.18. The average Bonchev–Trinajstić information content (AvgIpc) is 2.74. The fraction of sp³-hybridized carbons (Fsp3) is 0.929. The van der Waals surface area contributed by atoms with Crippen LogP contribution < -0.4 is 5.73 Å². The highest BCUT2D eigenvalue weighted by molar-refractivity contribution is 5.73. The van der Waals surface area contributed by atoms with E-state index in [1.165, 1.54) is 32.1 Å². The molecular weight excluding hydrogens is 214 g/mol. The quantitative estimate of drug-likeness (QED) is 0.525. The summed E-state index contributed by atoms with van der Waals surface area (Å²) in [6.45, 7) is 2.79. The molecule has 17 heavy (non-hydrogen) atoms. The zero-order valence-corrected chi connectivity index (χ0v) is 11.1. The third-order valence-corrected chi connectivity index (χ3v) is 3.61. The molecule has 3 nitrogen and oxygen atoms in total. The Labute approximate surface area is 105 Å². The second kappa shape index (κ2) is 8.51. The first kappa shape index (κ1) is 14.5. The third-order valence-electron chi connectivity index (χ3n) is 3.61. The van der Waals surface area contributed by atoms with E-state index < -0.39 is 0 Å². The van der Waals surface area contributed by atoms with Crippen molar-refractivity contribution < 1.29 is 9.53 Å². The predicted molar refractivity (Wildman–Crippen MR) is 69.7 cm³/mol. The Morgan fingerprint density at radius 3 is 2.53 bits per heavy atom. The average molecular weight is 241 g/mol. The molecule has 0 aromatic rings. The Bertz CT molecular complexity index is 218. The van der Waals surface area contributed by atoms with Gasteiger partial charge in [-0.15, -0.1) is 0 Å². The van der Waals surface area contributed by atoms with Gasteiger partial charge in [0.05, 0.1) is 12.5 Å². The zero-order chi connectivity index (χ0) is 12.5. The minimum Gasteiger partial charge on any atom is -0.465 e. The van der Waals surface area contributed by atoms with Gasteiger partial charge >= 0.3 is 5.97 Å². The molecule has 0 radical (unpaired) electrons. The number of hydrogen-bond donors (Lipinski definition) is 1. The summed E-state index contributed by atoms with van der Waals surface area (Å²) in [6, 6.07) is 0.0343. The normalized spacial score (nSPS) is 23.9. The molecule has 100 valence electrons. The monoisotopic (exact) mass is 241 g/mol. The number of ether oxygens (including phenoxy) is 1. The van der Waals surface area contributed by atoms with Crippen LogP contribution in [0.25, 0.3) is 0 Å². The van der Waals surface area contributed by atoms with E-state index in [-0.39, 0.29) is 17.9 Å². The molecule has 1 aliphatic rings. The number of carbonyl (C=O) groups excluding carboxylic acids is 1. The lowest BCUT2D eigenvalue weighted by molar-refractivity contribution is -0.148. The summed E-state index contributed by atoms with van der Waals surface area (Å²) in [7, 11) is 0. The van der Waals surface area contributed by atoms with Crippen molar-refractivity contribution in [2.75, 3.05) is 6.61 Å². The molecule has 1 saturated carbocycles. The number of unbranched alkanes of at least 4 members (excludes halogenated alkanes) is 5. The first-order chi connectivity index (χ1) is 8.25. The molecule has 2 N–H and O–H groups in total. The van der Waals surface area contributed by atoms with E-state index in [1.807, 2.05) is 0 Å². The summed E-state index contributed by atoms with van der Waals surface area (Å²) in [5, 5.41) is 0. The van der Waals surface area contributed by atoms with Gasteiger partial charge in [0, 0.05) is 6.04 Å². The van der Waals surface area contributed by atoms with Crippen LogP contribution in [0, 0.1) is 5.92 Å². The Kier molecular flexibility index (Phi) is 7.25. The number of esters is 1. The van der Waals surface area contributed by atoms with Crippen LogP contribution in [0.3, 0.4) is 0 Å². The largest absolute Gasteiger partial charge is 0.465 e. The van der Waals surface area contributed by atoms with Gasteiger partial charge in [0.25, 0.3) is 0 Å². The Hall–Kier alpha value is -0.570. The molecule has 2 atom stereocenters. The smallest absolute Gasteiger partial charge is 0.310 e. The van der Waals surface area contributed by atoms with Gasteiger partial charge in [0.1, 0.15) is 0 Å². The molecule has 2 unspecified atom stereocenters. The van der Waals surface area contributed by atoms with Gasteiger partial charge in [-0.05, 0) is 19.3 Å². The van der Waals surface area contributed by atoms with Gasteiger partial charge in [-0.25, -0.2) is 0 Å². The minimum atomic E-state index is -0.0661. The highest BCUT2D eigenvalue weighted by atomic mass is 16.5. The van der Waals surface area contributed by atoms with Crippen molar-refractivity contribution >= 4 is 5.97 Å². The van der Waals surface area contributed by atoms with Crippen molar-refractivity contribution in [2.45, 2.75) is 70.8 Å². The van der Waals surface area contributed by atoms with Gasteiger partial charge in [0.2, 0.25) is 0 Å². The Morgan fingerprint density at radius 2 is 1.88 bits per heavy atom. The van der Waals surface area contributed by atoms with Crippen LogP contribution in [-0.4, -0.2) is 18.6 Å². The molecule has 0 amide bonds. The first-order valence-electron chi connectivity index (χ1n) is 7.18. The second-order valence-corrected chi connectivity index (χ2v) is 5.14. The van der Waals surface area contributed by atoms with E-state index in [9.17, 15) is 4.79 Å². The van der Waals surface area contributed by atoms with Crippen LogP contribution in [0.2, 0.25) is 0 Å². The topological polar surface area (TPSA) is 52.3 Å². The number of nitrogens with two attached hydrogens (primary N) is 1. The van der Waals surface area contributed by atoms with Crippen molar-refractivity contribution in [1.29, 1.82) is 0 Å². The molecular formula is C14H27NO2. The molecule has 0 aromatic heterocycles. The molecule has 0 saturated heterocycles. The fourth-order valence-corrected chi connectivity index (χ4v) is 2.44. The fourth-order valence-electron chi connectivity index (χ4n) is 2.44. The highest BCUT2D eigenvalue weighted by Gasteiger charge is 2.31. The van der Waals surface area contributed by atoms with E-state index in [0.717, 1.165) is 25.7 Å². The van der Waals surface area contributed by atoms with Crippen LogP contribution in [-0.2, 0) is 9.53 Å². The number of rotatable bonds is 8. The molecule has 0 spiro atoms. The van der Waals surface area contributed by atoms with Crippen molar-refractivity contribution in [3.63, 3.8) is 0 Å². The summed E-state index contributed by atoms with van der Waals surface area (Å²) in [6.07, 6.45) is 10.3. The standard InChI is InChI=1S/C14H27NO2/c1-2-3-4-5-6-7-11-17-14(16)12-9-8-10-13(12)15/h12-13H,2-11,15H2,1H3. The molecule has 1 rings (SSSR count). The summed E-state index contributed by atoms with van der Waals surface area (Å²) >= 11 is 0. The van der Waals surface area contributed by atoms with Crippen LogP contribution >= 0.6 is 0 Å². The zero-order valence-electron chi connectivity index (χ0n) is 11.1. The van der Waals surface area contributed by atoms with E-state index in [1.54, 1.807) is 0 Å². The Morgan fingerprint density at radius 1 is 1.18 bits per heavy atom. The third kappa shape index (κ3) is 5.53. The maximum absolute atomic E-state index is 11.7. The lowest BCUT2D eigenvalue weighted by Crippen LogP contribution is -2.32. The van der Waals surface area contributed by atoms with E-state index in [0.29, 0.717) is 6.61 Å². The lowest BCUT2D eigenvalue weighted by atomic mass is 10.1. The van der Waals surface area contributed by atoms with E-state index in [4.69, 9.17) is 10.5 Å². The van der Waals surface area contributed by atoms with Gasteiger partial charge in [-0.3, -0.25) is 4.79 Å². The van der Waals surface area contributed by atoms with Crippen molar-refractivity contribution in [3.05, 3.63) is 0 Å². The highest BCUT2D eigenvalue weighted by Crippen LogP contribution is 2.25. The summed E-state index contributed by atoms with van der Waals surface area (Å²) < 4.78 is 5.28. The minimum absolute atomic E-state index is 0.0323. The van der Waals surface area contributed by atoms with Gasteiger partial charge in [-0.2, -0.15) is 0 Å². The number of hydrogen-bond acceptors (Lipinski definition) is 3.